The molecule has 0 bridgehead atoms. The van der Waals surface area contributed by atoms with Crippen LogP contribution in [0.1, 0.15) is 0 Å². The van der Waals surface area contributed by atoms with Crippen molar-refractivity contribution >= 4 is 23.2 Å². The minimum Gasteiger partial charge on any atom is -0.508 e. The molecule has 6 heteroatoms. The van der Waals surface area contributed by atoms with Gasteiger partial charge in [0.1, 0.15) is 5.75 Å². The minimum atomic E-state index is -4.96. The number of fused-ring (bicyclic) bond motifs is 1. The first-order valence-electron chi connectivity index (χ1n) is 4.39. The van der Waals surface area contributed by atoms with Gasteiger partial charge < -0.3 is 18.1 Å². The normalized spacial score (nSPS) is 11.2. The molecule has 0 heterocycles. The van der Waals surface area contributed by atoms with Gasteiger partial charge in [-0.2, -0.15) is 0 Å². The van der Waals surface area contributed by atoms with Crippen LogP contribution in [0.25, 0.3) is 10.8 Å². The maximum atomic E-state index is 12.4. The molecule has 1 nitrogen and oxygen atoms in total. The van der Waals surface area contributed by atoms with E-state index in [0.29, 0.717) is 10.8 Å². The van der Waals surface area contributed by atoms with Crippen LogP contribution in [0.4, 0.5) is 12.9 Å². The van der Waals surface area contributed by atoms with Gasteiger partial charge >= 0.3 is 58.4 Å². The number of phenols is 1. The van der Waals surface area contributed by atoms with E-state index in [4.69, 9.17) is 5.11 Å². The Morgan fingerprint density at radius 1 is 0.875 bits per heavy atom. The number of phenolic OH excluding ortho intramolecular Hbond substituents is 1. The van der Waals surface area contributed by atoms with Crippen molar-refractivity contribution in [2.45, 2.75) is 0 Å². The smallest absolute Gasteiger partial charge is 0.508 e. The number of aromatic hydroxyl groups is 1. The van der Waals surface area contributed by atoms with Gasteiger partial charge in [-0.15, -0.1) is 5.46 Å². The fourth-order valence-electron chi connectivity index (χ4n) is 1.46. The average Bonchev–Trinajstić information content (AvgIpc) is 2.15. The standard InChI is InChI=1S/C10H7BF3O.K/c12-11(13,14)9-3-1-8-6-10(15)4-2-7(8)5-9;/h1-6,15H;/q-1;+1. The Labute approximate surface area is 133 Å². The van der Waals surface area contributed by atoms with Gasteiger partial charge in [-0.1, -0.05) is 24.3 Å². The molecule has 16 heavy (non-hydrogen) atoms. The molecule has 0 aromatic heterocycles. The molecule has 0 saturated heterocycles. The van der Waals surface area contributed by atoms with E-state index in [-0.39, 0.29) is 57.1 Å². The van der Waals surface area contributed by atoms with Crippen LogP contribution >= 0.6 is 0 Å². The fraction of sp³-hybridized carbons (Fsp3) is 0. The first kappa shape index (κ1) is 14.1. The van der Waals surface area contributed by atoms with Crippen molar-refractivity contribution in [3.05, 3.63) is 36.4 Å². The Bertz CT molecular complexity index is 513. The summed E-state index contributed by atoms with van der Waals surface area (Å²) in [5.74, 6) is 0.0489. The third kappa shape index (κ3) is 3.01. The Kier molecular flexibility index (Phi) is 4.48. The summed E-state index contributed by atoms with van der Waals surface area (Å²) in [6.07, 6.45) is 0. The van der Waals surface area contributed by atoms with E-state index in [0.717, 1.165) is 12.1 Å². The van der Waals surface area contributed by atoms with E-state index in [2.05, 4.69) is 0 Å². The van der Waals surface area contributed by atoms with Crippen molar-refractivity contribution in [1.82, 2.24) is 0 Å². The van der Waals surface area contributed by atoms with Crippen LogP contribution in [0.3, 0.4) is 0 Å². The molecule has 2 aromatic carbocycles. The number of benzene rings is 2. The molecule has 0 spiro atoms. The molecule has 0 aliphatic carbocycles. The molecule has 0 atom stereocenters. The van der Waals surface area contributed by atoms with Crippen LogP contribution in [0.15, 0.2) is 36.4 Å². The predicted octanol–water partition coefficient (Wildman–Crippen LogP) is -0.396. The van der Waals surface area contributed by atoms with E-state index < -0.39 is 12.4 Å². The van der Waals surface area contributed by atoms with Gasteiger partial charge in [0.15, 0.2) is 0 Å². The summed E-state index contributed by atoms with van der Waals surface area (Å²) in [4.78, 5) is 0. The molecule has 0 unspecified atom stereocenters. The van der Waals surface area contributed by atoms with Crippen molar-refractivity contribution in [2.75, 3.05) is 0 Å². The third-order valence-electron chi connectivity index (χ3n) is 2.23. The van der Waals surface area contributed by atoms with Crippen LogP contribution in [0.5, 0.6) is 5.75 Å². The number of rotatable bonds is 1. The second-order valence-corrected chi connectivity index (χ2v) is 3.37. The summed E-state index contributed by atoms with van der Waals surface area (Å²) in [7, 11) is 0. The van der Waals surface area contributed by atoms with Crippen LogP contribution in [-0.4, -0.2) is 12.1 Å². The van der Waals surface area contributed by atoms with Crippen molar-refractivity contribution in [2.24, 2.45) is 0 Å². The van der Waals surface area contributed by atoms with E-state index in [1.54, 1.807) is 0 Å². The maximum Gasteiger partial charge on any atom is 1.00 e. The minimum absolute atomic E-state index is 0. The van der Waals surface area contributed by atoms with Crippen molar-refractivity contribution < 1.29 is 69.4 Å². The summed E-state index contributed by atoms with van der Waals surface area (Å²) in [6.45, 7) is -4.96. The van der Waals surface area contributed by atoms with Gasteiger partial charge in [-0.3, -0.25) is 0 Å². The van der Waals surface area contributed by atoms with Crippen molar-refractivity contribution in [3.8, 4) is 5.75 Å². The molecular formula is C10H7BF3KO. The first-order chi connectivity index (χ1) is 6.97. The molecule has 0 aliphatic heterocycles. The molecule has 2 rings (SSSR count). The summed E-state index contributed by atoms with van der Waals surface area (Å²) >= 11 is 0. The van der Waals surface area contributed by atoms with Crippen LogP contribution < -0.4 is 56.8 Å². The van der Waals surface area contributed by atoms with Crippen LogP contribution in [0, 0.1) is 0 Å². The Morgan fingerprint density at radius 2 is 1.44 bits per heavy atom. The van der Waals surface area contributed by atoms with E-state index in [9.17, 15) is 12.9 Å². The predicted molar refractivity (Wildman–Crippen MR) is 54.3 cm³/mol. The van der Waals surface area contributed by atoms with E-state index in [1.165, 1.54) is 24.3 Å². The second kappa shape index (κ2) is 5.10. The zero-order chi connectivity index (χ0) is 11.1. The van der Waals surface area contributed by atoms with Gasteiger partial charge in [-0.25, -0.2) is 0 Å². The van der Waals surface area contributed by atoms with Crippen LogP contribution in [0.2, 0.25) is 0 Å². The van der Waals surface area contributed by atoms with Gasteiger partial charge in [-0.05, 0) is 22.9 Å². The molecule has 0 radical (unpaired) electrons. The topological polar surface area (TPSA) is 20.2 Å². The monoisotopic (exact) mass is 250 g/mol. The Balaban J connectivity index is 0.00000128. The van der Waals surface area contributed by atoms with Gasteiger partial charge in [0.2, 0.25) is 0 Å². The van der Waals surface area contributed by atoms with Crippen LogP contribution in [-0.2, 0) is 0 Å². The second-order valence-electron chi connectivity index (χ2n) is 3.37. The SMILES string of the molecule is Oc1ccc2cc([B-](F)(F)F)ccc2c1.[K+]. The number of hydrogen-bond donors (Lipinski definition) is 1. The third-order valence-corrected chi connectivity index (χ3v) is 2.23. The molecule has 1 N–H and O–H groups in total. The molecule has 0 saturated carbocycles. The summed E-state index contributed by atoms with van der Waals surface area (Å²) < 4.78 is 37.2. The number of hydrogen-bond acceptors (Lipinski definition) is 1. The fourth-order valence-corrected chi connectivity index (χ4v) is 1.46. The molecule has 2 aromatic rings. The summed E-state index contributed by atoms with van der Waals surface area (Å²) in [5.41, 5.74) is -0.617. The van der Waals surface area contributed by atoms with Crippen molar-refractivity contribution in [1.29, 1.82) is 0 Å². The zero-order valence-corrected chi connectivity index (χ0v) is 11.7. The maximum absolute atomic E-state index is 12.4. The van der Waals surface area contributed by atoms with E-state index in [1.807, 2.05) is 0 Å². The summed E-state index contributed by atoms with van der Waals surface area (Å²) in [6, 6.07) is 7.75. The summed E-state index contributed by atoms with van der Waals surface area (Å²) in [5, 5.41) is 10.2. The Hall–Kier alpha value is -0.00870. The molecule has 78 valence electrons. The van der Waals surface area contributed by atoms with E-state index >= 15 is 0 Å². The average molecular weight is 250 g/mol. The zero-order valence-electron chi connectivity index (χ0n) is 8.62. The largest absolute Gasteiger partial charge is 1.00 e. The Morgan fingerprint density at radius 3 is 2.06 bits per heavy atom. The molecule has 0 fully saturated rings. The molecular weight excluding hydrogens is 243 g/mol. The van der Waals surface area contributed by atoms with Gasteiger partial charge in [0.05, 0.1) is 0 Å². The number of halogens is 3. The first-order valence-corrected chi connectivity index (χ1v) is 4.39. The van der Waals surface area contributed by atoms with Gasteiger partial charge in [0, 0.05) is 0 Å². The quantitative estimate of drug-likeness (QED) is 0.683. The molecule has 0 aliphatic rings. The van der Waals surface area contributed by atoms with Gasteiger partial charge in [0.25, 0.3) is 0 Å². The molecule has 0 amide bonds. The van der Waals surface area contributed by atoms with Crippen molar-refractivity contribution in [3.63, 3.8) is 0 Å².